The van der Waals surface area contributed by atoms with Crippen molar-refractivity contribution < 1.29 is 0 Å². The van der Waals surface area contributed by atoms with Crippen molar-refractivity contribution in [2.24, 2.45) is 0 Å². The van der Waals surface area contributed by atoms with Crippen LogP contribution in [-0.2, 0) is 0 Å². The third-order valence-electron chi connectivity index (χ3n) is 3.91. The fraction of sp³-hybridized carbons (Fsp3) is 0.600. The highest BCUT2D eigenvalue weighted by Crippen LogP contribution is 2.28. The molecular formula is C15H23ClN2. The first-order valence-corrected chi connectivity index (χ1v) is 7.36. The number of hydrogen-bond acceptors (Lipinski definition) is 2. The van der Waals surface area contributed by atoms with E-state index in [1.54, 1.807) is 0 Å². The number of nitrogens with zero attached hydrogens (tertiary/aromatic N) is 1. The lowest BCUT2D eigenvalue weighted by atomic mass is 10.0. The zero-order chi connectivity index (χ0) is 13.0. The lowest BCUT2D eigenvalue weighted by molar-refractivity contribution is 0.147. The van der Waals surface area contributed by atoms with E-state index in [-0.39, 0.29) is 0 Å². The summed E-state index contributed by atoms with van der Waals surface area (Å²) >= 11 is 5.98. The Bertz CT molecular complexity index is 357. The zero-order valence-electron chi connectivity index (χ0n) is 11.3. The third-order valence-corrected chi connectivity index (χ3v) is 4.16. The van der Waals surface area contributed by atoms with Crippen LogP contribution in [0.5, 0.6) is 0 Å². The Kier molecular flexibility index (Phi) is 5.04. The highest BCUT2D eigenvalue weighted by atomic mass is 35.5. The maximum absolute atomic E-state index is 5.98. The minimum absolute atomic E-state index is 0.511. The van der Waals surface area contributed by atoms with Crippen LogP contribution in [0.25, 0.3) is 0 Å². The van der Waals surface area contributed by atoms with Gasteiger partial charge >= 0.3 is 0 Å². The Morgan fingerprint density at radius 1 is 1.33 bits per heavy atom. The summed E-state index contributed by atoms with van der Waals surface area (Å²) in [5, 5.41) is 4.28. The number of halogens is 1. The van der Waals surface area contributed by atoms with Gasteiger partial charge in [-0.15, -0.1) is 0 Å². The van der Waals surface area contributed by atoms with E-state index in [1.165, 1.54) is 12.0 Å². The summed E-state index contributed by atoms with van der Waals surface area (Å²) in [5.41, 5.74) is 1.38. The molecule has 1 saturated heterocycles. The van der Waals surface area contributed by atoms with E-state index in [0.29, 0.717) is 12.1 Å². The zero-order valence-corrected chi connectivity index (χ0v) is 12.1. The molecule has 0 aromatic heterocycles. The second kappa shape index (κ2) is 6.55. The van der Waals surface area contributed by atoms with Crippen LogP contribution in [0.2, 0.25) is 5.02 Å². The lowest BCUT2D eigenvalue weighted by Gasteiger charge is -2.35. The highest BCUT2D eigenvalue weighted by Gasteiger charge is 2.27. The van der Waals surface area contributed by atoms with Crippen LogP contribution in [0, 0.1) is 0 Å². The highest BCUT2D eigenvalue weighted by molar-refractivity contribution is 6.30. The van der Waals surface area contributed by atoms with E-state index in [1.807, 2.05) is 12.1 Å². The van der Waals surface area contributed by atoms with Crippen molar-refractivity contribution in [1.82, 2.24) is 10.2 Å². The van der Waals surface area contributed by atoms with Crippen LogP contribution in [0.4, 0.5) is 0 Å². The normalized spacial score (nSPS) is 21.4. The van der Waals surface area contributed by atoms with Gasteiger partial charge in [0.15, 0.2) is 0 Å². The summed E-state index contributed by atoms with van der Waals surface area (Å²) in [4.78, 5) is 2.63. The Morgan fingerprint density at radius 2 is 2.06 bits per heavy atom. The molecule has 1 heterocycles. The summed E-state index contributed by atoms with van der Waals surface area (Å²) in [6.07, 6.45) is 2.41. The molecule has 0 aliphatic carbocycles. The summed E-state index contributed by atoms with van der Waals surface area (Å²) in [6.45, 7) is 7.91. The van der Waals surface area contributed by atoms with Gasteiger partial charge in [0.1, 0.15) is 0 Å². The molecule has 100 valence electrons. The molecule has 0 saturated carbocycles. The number of hydrogen-bond donors (Lipinski definition) is 1. The maximum Gasteiger partial charge on any atom is 0.0406 e. The van der Waals surface area contributed by atoms with Crippen LogP contribution < -0.4 is 5.32 Å². The Labute approximate surface area is 115 Å². The monoisotopic (exact) mass is 266 g/mol. The molecule has 2 rings (SSSR count). The van der Waals surface area contributed by atoms with Crippen LogP contribution in [0.3, 0.4) is 0 Å². The van der Waals surface area contributed by atoms with E-state index in [9.17, 15) is 0 Å². The molecule has 1 fully saturated rings. The van der Waals surface area contributed by atoms with Gasteiger partial charge in [0.25, 0.3) is 0 Å². The van der Waals surface area contributed by atoms with Gasteiger partial charge in [0, 0.05) is 23.7 Å². The Balaban J connectivity index is 2.17. The predicted octanol–water partition coefficient (Wildman–Crippen LogP) is 3.47. The van der Waals surface area contributed by atoms with Crippen molar-refractivity contribution in [3.05, 3.63) is 34.9 Å². The SMILES string of the molecule is CCC(c1ccc(Cl)cc1)N(CC)C1CCNC1. The van der Waals surface area contributed by atoms with Crippen LogP contribution in [0.1, 0.15) is 38.3 Å². The largest absolute Gasteiger partial charge is 0.315 e. The number of nitrogens with one attached hydrogen (secondary N) is 1. The Morgan fingerprint density at radius 3 is 2.56 bits per heavy atom. The van der Waals surface area contributed by atoms with Crippen molar-refractivity contribution in [3.63, 3.8) is 0 Å². The smallest absolute Gasteiger partial charge is 0.0406 e. The molecule has 2 unspecified atom stereocenters. The van der Waals surface area contributed by atoms with Gasteiger partial charge in [-0.05, 0) is 43.6 Å². The van der Waals surface area contributed by atoms with Gasteiger partial charge in [0.05, 0.1) is 0 Å². The quantitative estimate of drug-likeness (QED) is 0.878. The van der Waals surface area contributed by atoms with Crippen molar-refractivity contribution in [3.8, 4) is 0 Å². The van der Waals surface area contributed by atoms with Crippen molar-refractivity contribution in [1.29, 1.82) is 0 Å². The predicted molar refractivity (Wildman–Crippen MR) is 78.1 cm³/mol. The first-order chi connectivity index (χ1) is 8.76. The second-order valence-corrected chi connectivity index (χ2v) is 5.39. The average molecular weight is 267 g/mol. The van der Waals surface area contributed by atoms with Crippen molar-refractivity contribution >= 4 is 11.6 Å². The first-order valence-electron chi connectivity index (χ1n) is 6.98. The van der Waals surface area contributed by atoms with E-state index >= 15 is 0 Å². The molecule has 1 aliphatic heterocycles. The van der Waals surface area contributed by atoms with E-state index in [2.05, 4.69) is 36.2 Å². The summed E-state index contributed by atoms with van der Waals surface area (Å²) in [7, 11) is 0. The molecule has 3 heteroatoms. The molecule has 2 nitrogen and oxygen atoms in total. The molecule has 1 aliphatic rings. The summed E-state index contributed by atoms with van der Waals surface area (Å²) < 4.78 is 0. The fourth-order valence-electron chi connectivity index (χ4n) is 3.00. The molecule has 1 aromatic carbocycles. The van der Waals surface area contributed by atoms with Crippen LogP contribution in [0.15, 0.2) is 24.3 Å². The second-order valence-electron chi connectivity index (χ2n) is 4.95. The van der Waals surface area contributed by atoms with Gasteiger partial charge in [-0.2, -0.15) is 0 Å². The molecule has 2 atom stereocenters. The number of likely N-dealkylation sites (N-methyl/N-ethyl adjacent to an activating group) is 1. The van der Waals surface area contributed by atoms with Crippen LogP contribution in [-0.4, -0.2) is 30.6 Å². The van der Waals surface area contributed by atoms with Gasteiger partial charge in [-0.3, -0.25) is 4.90 Å². The molecule has 1 N–H and O–H groups in total. The lowest BCUT2D eigenvalue weighted by Crippen LogP contribution is -2.39. The average Bonchev–Trinajstić information content (AvgIpc) is 2.91. The maximum atomic E-state index is 5.98. The molecule has 1 aromatic rings. The van der Waals surface area contributed by atoms with E-state index < -0.39 is 0 Å². The van der Waals surface area contributed by atoms with Gasteiger partial charge in [-0.25, -0.2) is 0 Å². The van der Waals surface area contributed by atoms with E-state index in [4.69, 9.17) is 11.6 Å². The molecule has 0 amide bonds. The van der Waals surface area contributed by atoms with Gasteiger partial charge in [-0.1, -0.05) is 37.6 Å². The third kappa shape index (κ3) is 3.05. The topological polar surface area (TPSA) is 15.3 Å². The summed E-state index contributed by atoms with van der Waals surface area (Å²) in [6, 6.07) is 9.52. The van der Waals surface area contributed by atoms with Gasteiger partial charge in [0.2, 0.25) is 0 Å². The first kappa shape index (κ1) is 13.9. The van der Waals surface area contributed by atoms with Crippen molar-refractivity contribution in [2.45, 2.75) is 38.8 Å². The standard InChI is InChI=1S/C15H23ClN2/c1-3-15(12-5-7-13(16)8-6-12)18(4-2)14-9-10-17-11-14/h5-8,14-15,17H,3-4,9-11H2,1-2H3. The molecular weight excluding hydrogens is 244 g/mol. The molecule has 0 spiro atoms. The molecule has 0 radical (unpaired) electrons. The van der Waals surface area contributed by atoms with Crippen LogP contribution >= 0.6 is 11.6 Å². The number of benzene rings is 1. The fourth-order valence-corrected chi connectivity index (χ4v) is 3.13. The minimum Gasteiger partial charge on any atom is -0.315 e. The Hall–Kier alpha value is -0.570. The number of rotatable bonds is 5. The van der Waals surface area contributed by atoms with Gasteiger partial charge < -0.3 is 5.32 Å². The summed E-state index contributed by atoms with van der Waals surface area (Å²) in [5.74, 6) is 0. The molecule has 18 heavy (non-hydrogen) atoms. The van der Waals surface area contributed by atoms with E-state index in [0.717, 1.165) is 31.1 Å². The van der Waals surface area contributed by atoms with Crippen molar-refractivity contribution in [2.75, 3.05) is 19.6 Å². The minimum atomic E-state index is 0.511. The molecule has 0 bridgehead atoms.